The van der Waals surface area contributed by atoms with Crippen molar-refractivity contribution in [3.05, 3.63) is 34.4 Å². The average molecular weight is 295 g/mol. The first-order valence-corrected chi connectivity index (χ1v) is 5.87. The Hall–Kier alpha value is -2.90. The molecule has 0 atom stereocenters. The highest BCUT2D eigenvalue weighted by Crippen LogP contribution is 2.19. The first kappa shape index (κ1) is 16.2. The van der Waals surface area contributed by atoms with E-state index < -0.39 is 34.9 Å². The zero-order valence-electron chi connectivity index (χ0n) is 11.3. The van der Waals surface area contributed by atoms with E-state index in [0.717, 1.165) is 12.1 Å². The number of nitrogens with one attached hydrogen (secondary N) is 1. The fraction of sp³-hybridized carbons (Fsp3) is 0.231. The predicted molar refractivity (Wildman–Crippen MR) is 69.7 cm³/mol. The number of hydrogen-bond donors (Lipinski definition) is 3. The van der Waals surface area contributed by atoms with Gasteiger partial charge in [-0.1, -0.05) is 0 Å². The van der Waals surface area contributed by atoms with Crippen LogP contribution in [0, 0.1) is 0 Å². The van der Waals surface area contributed by atoms with E-state index in [9.17, 15) is 19.2 Å². The molecule has 1 aromatic rings. The molecule has 0 aromatic heterocycles. The number of benzene rings is 1. The van der Waals surface area contributed by atoms with Crippen molar-refractivity contribution in [1.29, 1.82) is 0 Å². The van der Waals surface area contributed by atoms with Gasteiger partial charge in [-0.2, -0.15) is 0 Å². The predicted octanol–water partition coefficient (Wildman–Crippen LogP) is 0.619. The molecule has 0 spiro atoms. The van der Waals surface area contributed by atoms with E-state index >= 15 is 0 Å². The molecule has 8 nitrogen and oxygen atoms in total. The second-order valence-electron chi connectivity index (χ2n) is 3.85. The van der Waals surface area contributed by atoms with Crippen molar-refractivity contribution in [2.75, 3.05) is 13.7 Å². The van der Waals surface area contributed by atoms with E-state index in [4.69, 9.17) is 14.9 Å². The molecule has 112 valence electrons. The summed E-state index contributed by atoms with van der Waals surface area (Å²) >= 11 is 0. The summed E-state index contributed by atoms with van der Waals surface area (Å²) < 4.78 is 4.71. The first-order valence-electron chi connectivity index (χ1n) is 5.87. The molecule has 0 aliphatic rings. The number of rotatable bonds is 5. The Morgan fingerprint density at radius 3 is 1.90 bits per heavy atom. The van der Waals surface area contributed by atoms with Gasteiger partial charge in [-0.25, -0.2) is 14.4 Å². The van der Waals surface area contributed by atoms with Crippen molar-refractivity contribution in [2.24, 2.45) is 0 Å². The highest BCUT2D eigenvalue weighted by molar-refractivity contribution is 6.10. The maximum atomic E-state index is 11.7. The Morgan fingerprint density at radius 2 is 1.48 bits per heavy atom. The van der Waals surface area contributed by atoms with E-state index in [1.165, 1.54) is 14.0 Å². The number of hydrogen-bond acceptors (Lipinski definition) is 5. The normalized spacial score (nSPS) is 9.81. The monoisotopic (exact) mass is 295 g/mol. The van der Waals surface area contributed by atoms with Crippen molar-refractivity contribution in [1.82, 2.24) is 5.32 Å². The van der Waals surface area contributed by atoms with Crippen LogP contribution in [0.5, 0.6) is 0 Å². The van der Waals surface area contributed by atoms with E-state index in [2.05, 4.69) is 5.32 Å². The van der Waals surface area contributed by atoms with Gasteiger partial charge in [0.2, 0.25) is 0 Å². The third-order valence-electron chi connectivity index (χ3n) is 2.59. The minimum Gasteiger partial charge on any atom is -0.478 e. The molecule has 0 aliphatic carbocycles. The lowest BCUT2D eigenvalue weighted by molar-refractivity contribution is 0.0513. The van der Waals surface area contributed by atoms with Crippen molar-refractivity contribution in [3.8, 4) is 0 Å². The van der Waals surface area contributed by atoms with E-state index in [1.54, 1.807) is 0 Å². The van der Waals surface area contributed by atoms with Crippen LogP contribution in [0.15, 0.2) is 12.1 Å². The number of carboxylic acid groups (broad SMARTS) is 2. The van der Waals surface area contributed by atoms with Gasteiger partial charge >= 0.3 is 17.9 Å². The van der Waals surface area contributed by atoms with Crippen LogP contribution >= 0.6 is 0 Å². The zero-order chi connectivity index (χ0) is 16.2. The minimum atomic E-state index is -1.50. The van der Waals surface area contributed by atoms with Crippen LogP contribution in [0.25, 0.3) is 0 Å². The van der Waals surface area contributed by atoms with E-state index in [1.807, 2.05) is 0 Å². The molecule has 0 bridgehead atoms. The van der Waals surface area contributed by atoms with Crippen molar-refractivity contribution in [3.63, 3.8) is 0 Å². The summed E-state index contributed by atoms with van der Waals surface area (Å²) in [5.41, 5.74) is -1.76. The molecule has 1 aromatic carbocycles. The molecule has 21 heavy (non-hydrogen) atoms. The van der Waals surface area contributed by atoms with Gasteiger partial charge in [0.25, 0.3) is 5.91 Å². The molecule has 0 heterocycles. The van der Waals surface area contributed by atoms with Gasteiger partial charge < -0.3 is 20.3 Å². The Kier molecular flexibility index (Phi) is 5.01. The summed E-state index contributed by atoms with van der Waals surface area (Å²) in [5.74, 6) is -4.68. The molecule has 0 unspecified atom stereocenters. The standard InChI is InChI=1S/C13H13NO7/c1-3-21-13(20)9-4-6(10(15)14-2)7(11(16)17)5-8(9)12(18)19/h4-5H,3H2,1-2H3,(H,14,15)(H,16,17)(H,18,19). The minimum absolute atomic E-state index is 0.00782. The lowest BCUT2D eigenvalue weighted by Crippen LogP contribution is -2.23. The summed E-state index contributed by atoms with van der Waals surface area (Å²) in [7, 11) is 1.28. The summed E-state index contributed by atoms with van der Waals surface area (Å²) in [6.45, 7) is 1.54. The molecule has 0 saturated carbocycles. The molecule has 1 amide bonds. The summed E-state index contributed by atoms with van der Waals surface area (Å²) in [6.07, 6.45) is 0. The molecule has 0 saturated heterocycles. The van der Waals surface area contributed by atoms with Gasteiger partial charge in [0, 0.05) is 7.05 Å². The average Bonchev–Trinajstić information content (AvgIpc) is 2.44. The van der Waals surface area contributed by atoms with E-state index in [-0.39, 0.29) is 17.7 Å². The summed E-state index contributed by atoms with van der Waals surface area (Å²) in [6, 6.07) is 1.67. The fourth-order valence-electron chi connectivity index (χ4n) is 1.65. The number of aromatic carboxylic acids is 2. The van der Waals surface area contributed by atoms with E-state index in [0.29, 0.717) is 0 Å². The Balaban J connectivity index is 3.62. The maximum Gasteiger partial charge on any atom is 0.339 e. The Morgan fingerprint density at radius 1 is 1.00 bits per heavy atom. The van der Waals surface area contributed by atoms with Gasteiger partial charge in [0.05, 0.1) is 28.9 Å². The Bertz CT molecular complexity index is 621. The van der Waals surface area contributed by atoms with Crippen LogP contribution in [0.3, 0.4) is 0 Å². The molecule has 8 heteroatoms. The van der Waals surface area contributed by atoms with Crippen molar-refractivity contribution < 1.29 is 34.1 Å². The van der Waals surface area contributed by atoms with Crippen LogP contribution < -0.4 is 5.32 Å². The number of esters is 1. The number of carbonyl (C=O) groups excluding carboxylic acids is 2. The first-order chi connectivity index (χ1) is 9.83. The second kappa shape index (κ2) is 6.51. The van der Waals surface area contributed by atoms with Crippen molar-refractivity contribution >= 4 is 23.8 Å². The van der Waals surface area contributed by atoms with Crippen LogP contribution in [-0.2, 0) is 4.74 Å². The molecule has 0 radical (unpaired) electrons. The molecule has 0 aliphatic heterocycles. The van der Waals surface area contributed by atoms with Gasteiger partial charge in [-0.05, 0) is 19.1 Å². The quantitative estimate of drug-likeness (QED) is 0.679. The molecular formula is C13H13NO7. The van der Waals surface area contributed by atoms with Gasteiger partial charge in [0.15, 0.2) is 0 Å². The number of amides is 1. The van der Waals surface area contributed by atoms with Gasteiger partial charge in [-0.15, -0.1) is 0 Å². The smallest absolute Gasteiger partial charge is 0.339 e. The second-order valence-corrected chi connectivity index (χ2v) is 3.85. The lowest BCUT2D eigenvalue weighted by Gasteiger charge is -2.11. The van der Waals surface area contributed by atoms with Crippen LogP contribution in [0.2, 0.25) is 0 Å². The van der Waals surface area contributed by atoms with Gasteiger partial charge in [-0.3, -0.25) is 4.79 Å². The topological polar surface area (TPSA) is 130 Å². The zero-order valence-corrected chi connectivity index (χ0v) is 11.3. The van der Waals surface area contributed by atoms with Crippen LogP contribution in [0.1, 0.15) is 48.4 Å². The number of carbonyl (C=O) groups is 4. The number of carboxylic acids is 2. The summed E-state index contributed by atoms with van der Waals surface area (Å²) in [4.78, 5) is 45.7. The van der Waals surface area contributed by atoms with Crippen LogP contribution in [0.4, 0.5) is 0 Å². The maximum absolute atomic E-state index is 11.7. The molecule has 3 N–H and O–H groups in total. The molecule has 1 rings (SSSR count). The SMILES string of the molecule is CCOC(=O)c1cc(C(=O)NC)c(C(=O)O)cc1C(=O)O. The fourth-order valence-corrected chi connectivity index (χ4v) is 1.65. The molecular weight excluding hydrogens is 282 g/mol. The Labute approximate surface area is 119 Å². The largest absolute Gasteiger partial charge is 0.478 e. The van der Waals surface area contributed by atoms with Gasteiger partial charge in [0.1, 0.15) is 0 Å². The highest BCUT2D eigenvalue weighted by Gasteiger charge is 2.25. The third-order valence-corrected chi connectivity index (χ3v) is 2.59. The number of ether oxygens (including phenoxy) is 1. The molecule has 0 fully saturated rings. The lowest BCUT2D eigenvalue weighted by atomic mass is 9.97. The van der Waals surface area contributed by atoms with Crippen LogP contribution in [-0.4, -0.2) is 47.7 Å². The summed E-state index contributed by atoms with van der Waals surface area (Å²) in [5, 5.41) is 20.4. The van der Waals surface area contributed by atoms with Crippen molar-refractivity contribution in [2.45, 2.75) is 6.92 Å². The third kappa shape index (κ3) is 3.35. The highest BCUT2D eigenvalue weighted by atomic mass is 16.5.